The van der Waals surface area contributed by atoms with Gasteiger partial charge >= 0.3 is 6.09 Å². The highest BCUT2D eigenvalue weighted by Gasteiger charge is 2.22. The van der Waals surface area contributed by atoms with E-state index in [4.69, 9.17) is 23.3 Å². The lowest BCUT2D eigenvalue weighted by Crippen LogP contribution is -2.42. The minimum absolute atomic E-state index is 0.0332. The third-order valence-electron chi connectivity index (χ3n) is 8.19. The Morgan fingerprint density at radius 2 is 1.54 bits per heavy atom. The van der Waals surface area contributed by atoms with E-state index in [-0.39, 0.29) is 19.1 Å². The Balaban J connectivity index is 1.33. The van der Waals surface area contributed by atoms with Crippen molar-refractivity contribution in [2.24, 2.45) is 0 Å². The predicted molar refractivity (Wildman–Crippen MR) is 177 cm³/mol. The highest BCUT2D eigenvalue weighted by atomic mass is 16.6. The Kier molecular flexibility index (Phi) is 18.3. The molecule has 0 bridgehead atoms. The molecule has 0 N–H and O–H groups in total. The highest BCUT2D eigenvalue weighted by Crippen LogP contribution is 2.18. The molecule has 0 aliphatic carbocycles. The molecular formula is C36H57N4O6+. The summed E-state index contributed by atoms with van der Waals surface area (Å²) < 4.78 is 29.9. The molecule has 0 aliphatic heterocycles. The van der Waals surface area contributed by atoms with Crippen LogP contribution < -0.4 is 14.0 Å². The molecule has 46 heavy (non-hydrogen) atoms. The first-order valence-corrected chi connectivity index (χ1v) is 17.7. The summed E-state index contributed by atoms with van der Waals surface area (Å²) in [7, 11) is 0. The fourth-order valence-corrected chi connectivity index (χ4v) is 5.42. The number of carbonyl (C=O) groups is 1. The number of amides is 1. The van der Waals surface area contributed by atoms with Gasteiger partial charge in [0, 0.05) is 37.2 Å². The molecule has 10 heteroatoms. The highest BCUT2D eigenvalue weighted by molar-refractivity contribution is 5.67. The van der Waals surface area contributed by atoms with Crippen LogP contribution >= 0.6 is 0 Å². The van der Waals surface area contributed by atoms with Gasteiger partial charge in [0.2, 0.25) is 5.69 Å². The summed E-state index contributed by atoms with van der Waals surface area (Å²) >= 11 is 0. The monoisotopic (exact) mass is 641 g/mol. The van der Waals surface area contributed by atoms with E-state index in [2.05, 4.69) is 28.7 Å². The average Bonchev–Trinajstić information content (AvgIpc) is 3.77. The van der Waals surface area contributed by atoms with Gasteiger partial charge in [-0.1, -0.05) is 96.5 Å². The Morgan fingerprint density at radius 3 is 2.17 bits per heavy atom. The largest absolute Gasteiger partial charge is 0.471 e. The second-order valence-electron chi connectivity index (χ2n) is 11.9. The molecule has 0 aromatic carbocycles. The lowest BCUT2D eigenvalue weighted by Gasteiger charge is -2.22. The van der Waals surface area contributed by atoms with Crippen molar-refractivity contribution >= 4 is 6.09 Å². The lowest BCUT2D eigenvalue weighted by molar-refractivity contribution is -0.701. The molecule has 3 heterocycles. The van der Waals surface area contributed by atoms with Crippen molar-refractivity contribution < 1.29 is 32.6 Å². The van der Waals surface area contributed by atoms with Crippen molar-refractivity contribution in [3.8, 4) is 11.8 Å². The number of nitrogens with zero attached hydrogens (tertiary/aromatic N) is 4. The van der Waals surface area contributed by atoms with Crippen molar-refractivity contribution in [2.75, 3.05) is 19.8 Å². The van der Waals surface area contributed by atoms with Gasteiger partial charge < -0.3 is 23.3 Å². The zero-order chi connectivity index (χ0) is 32.7. The molecule has 0 saturated heterocycles. The first-order valence-electron chi connectivity index (χ1n) is 17.7. The number of unbranched alkanes of at least 4 members (excludes halogenated alkanes) is 13. The molecular weight excluding hydrogens is 584 g/mol. The zero-order valence-electron chi connectivity index (χ0n) is 28.5. The first-order chi connectivity index (χ1) is 22.6. The standard InChI is InChI=1S/C36H57N4O6/c1-4-7-8-9-10-11-12-13-14-15-16-17-18-19-23-32-27-35(38-46-32)42-29-33(45-34-24-26-44-37-34)30-43-36(41)40(6-3)28-31-22-20-21-25-39(31)5-2/h20-22,24-27,33H,4-19,23,28-30H2,1-3H3/q+1. The summed E-state index contributed by atoms with van der Waals surface area (Å²) in [5.74, 6) is 1.46. The van der Waals surface area contributed by atoms with Crippen LogP contribution in [0.2, 0.25) is 0 Å². The van der Waals surface area contributed by atoms with Gasteiger partial charge in [0.05, 0.1) is 0 Å². The van der Waals surface area contributed by atoms with E-state index in [1.807, 2.05) is 37.4 Å². The number of carbonyl (C=O) groups excluding carboxylic acids is 1. The van der Waals surface area contributed by atoms with Crippen molar-refractivity contribution in [3.63, 3.8) is 0 Å². The van der Waals surface area contributed by atoms with Crippen LogP contribution in [0.4, 0.5) is 4.79 Å². The predicted octanol–water partition coefficient (Wildman–Crippen LogP) is 8.48. The third-order valence-corrected chi connectivity index (χ3v) is 8.19. The Bertz CT molecular complexity index is 1180. The van der Waals surface area contributed by atoms with Crippen LogP contribution in [0.15, 0.2) is 51.8 Å². The van der Waals surface area contributed by atoms with Crippen molar-refractivity contribution in [2.45, 2.75) is 136 Å². The molecule has 3 rings (SSSR count). The normalized spacial score (nSPS) is 11.8. The summed E-state index contributed by atoms with van der Waals surface area (Å²) in [6.45, 7) is 8.09. The Morgan fingerprint density at radius 1 is 0.848 bits per heavy atom. The smallest absolute Gasteiger partial charge is 0.410 e. The van der Waals surface area contributed by atoms with Gasteiger partial charge in [-0.3, -0.25) is 4.90 Å². The van der Waals surface area contributed by atoms with Gasteiger partial charge in [0.15, 0.2) is 12.3 Å². The number of hydrogen-bond donors (Lipinski definition) is 0. The van der Waals surface area contributed by atoms with E-state index in [0.29, 0.717) is 19.0 Å². The molecule has 3 aromatic rings. The van der Waals surface area contributed by atoms with Gasteiger partial charge in [-0.25, -0.2) is 9.36 Å². The maximum absolute atomic E-state index is 13.0. The van der Waals surface area contributed by atoms with Crippen LogP contribution in [0.3, 0.4) is 0 Å². The number of hydrogen-bond acceptors (Lipinski definition) is 8. The van der Waals surface area contributed by atoms with Gasteiger partial charge in [0.25, 0.3) is 11.8 Å². The quantitative estimate of drug-likeness (QED) is 0.0635. The molecule has 3 aromatic heterocycles. The second kappa shape index (κ2) is 22.9. The molecule has 1 atom stereocenters. The van der Waals surface area contributed by atoms with Gasteiger partial charge in [-0.05, 0) is 30.6 Å². The second-order valence-corrected chi connectivity index (χ2v) is 11.9. The van der Waals surface area contributed by atoms with E-state index in [1.165, 1.54) is 89.7 Å². The zero-order valence-corrected chi connectivity index (χ0v) is 28.5. The van der Waals surface area contributed by atoms with E-state index < -0.39 is 12.2 Å². The topological polar surface area (TPSA) is 104 Å². The number of ether oxygens (including phenoxy) is 3. The fraction of sp³-hybridized carbons (Fsp3) is 0.667. The van der Waals surface area contributed by atoms with Crippen molar-refractivity contribution in [1.29, 1.82) is 0 Å². The molecule has 1 unspecified atom stereocenters. The minimum atomic E-state index is -0.629. The molecule has 0 radical (unpaired) electrons. The molecule has 0 spiro atoms. The summed E-state index contributed by atoms with van der Waals surface area (Å²) in [5.41, 5.74) is 1.03. The van der Waals surface area contributed by atoms with Crippen LogP contribution in [-0.4, -0.2) is 47.2 Å². The summed E-state index contributed by atoms with van der Waals surface area (Å²) in [5, 5.41) is 7.88. The third kappa shape index (κ3) is 14.7. The molecule has 1 amide bonds. The number of pyridine rings is 1. The van der Waals surface area contributed by atoms with Crippen LogP contribution in [0.1, 0.15) is 122 Å². The summed E-state index contributed by atoms with van der Waals surface area (Å²) in [6, 6.07) is 9.37. The molecule has 256 valence electrons. The molecule has 0 fully saturated rings. The van der Waals surface area contributed by atoms with Crippen LogP contribution in [-0.2, 0) is 24.2 Å². The number of rotatable bonds is 26. The fourth-order valence-electron chi connectivity index (χ4n) is 5.42. The van der Waals surface area contributed by atoms with Gasteiger partial charge in [0.1, 0.15) is 38.3 Å². The maximum Gasteiger partial charge on any atom is 0.410 e. The Hall–Kier alpha value is -3.56. The average molecular weight is 642 g/mol. The number of aromatic nitrogens is 3. The van der Waals surface area contributed by atoms with E-state index in [9.17, 15) is 4.79 Å². The van der Waals surface area contributed by atoms with Crippen LogP contribution in [0, 0.1) is 0 Å². The summed E-state index contributed by atoms with van der Waals surface area (Å²) in [6.07, 6.45) is 21.8. The molecule has 0 aliphatic rings. The molecule has 10 nitrogen and oxygen atoms in total. The Labute approximate surface area is 275 Å². The maximum atomic E-state index is 13.0. The first kappa shape index (κ1) is 36.9. The number of aryl methyl sites for hydroxylation is 2. The molecule has 0 saturated carbocycles. The van der Waals surface area contributed by atoms with E-state index in [1.54, 1.807) is 11.0 Å². The van der Waals surface area contributed by atoms with E-state index in [0.717, 1.165) is 30.8 Å². The lowest BCUT2D eigenvalue weighted by atomic mass is 10.0. The van der Waals surface area contributed by atoms with Gasteiger partial charge in [-0.15, -0.1) is 0 Å². The van der Waals surface area contributed by atoms with Gasteiger partial charge in [-0.2, -0.15) is 0 Å². The SMILES string of the molecule is CCCCCCCCCCCCCCCCc1cc(OCC(COC(=O)N(CC)Cc2cccc[n+]2CC)Oc2ccon2)no1. The van der Waals surface area contributed by atoms with Crippen molar-refractivity contribution in [3.05, 3.63) is 54.2 Å². The summed E-state index contributed by atoms with van der Waals surface area (Å²) in [4.78, 5) is 14.6. The van der Waals surface area contributed by atoms with Crippen LogP contribution in [0.5, 0.6) is 11.8 Å². The van der Waals surface area contributed by atoms with Crippen LogP contribution in [0.25, 0.3) is 0 Å². The minimum Gasteiger partial charge on any atom is -0.471 e. The van der Waals surface area contributed by atoms with Crippen molar-refractivity contribution in [1.82, 2.24) is 15.2 Å². The van der Waals surface area contributed by atoms with E-state index >= 15 is 0 Å².